The van der Waals surface area contributed by atoms with Crippen LogP contribution in [0.1, 0.15) is 57.0 Å². The number of nitrogens with zero attached hydrogens (tertiary/aromatic N) is 2. The minimum absolute atomic E-state index is 0.0419. The first-order valence-corrected chi connectivity index (χ1v) is 10.2. The second-order valence-corrected chi connectivity index (χ2v) is 9.04. The van der Waals surface area contributed by atoms with Crippen LogP contribution >= 0.6 is 11.3 Å². The number of thiophene rings is 1. The Morgan fingerprint density at radius 3 is 2.52 bits per heavy atom. The summed E-state index contributed by atoms with van der Waals surface area (Å²) in [6, 6.07) is 0.0419. The number of esters is 1. The zero-order valence-corrected chi connectivity index (χ0v) is 17.4. The Balaban J connectivity index is 1.89. The molecule has 2 heterocycles. The van der Waals surface area contributed by atoms with Crippen LogP contribution in [0.3, 0.4) is 0 Å². The third-order valence-electron chi connectivity index (χ3n) is 4.54. The fraction of sp³-hybridized carbons (Fsp3) is 0.632. The van der Waals surface area contributed by atoms with Crippen molar-refractivity contribution in [2.24, 2.45) is 0 Å². The number of aromatic nitrogens is 2. The smallest absolute Gasteiger partial charge is 0.332 e. The lowest BCUT2D eigenvalue weighted by Crippen LogP contribution is -2.39. The van der Waals surface area contributed by atoms with Crippen molar-refractivity contribution >= 4 is 27.5 Å². The average Bonchev–Trinajstić information content (AvgIpc) is 3.31. The predicted octanol–water partition coefficient (Wildman–Crippen LogP) is 2.32. The first-order valence-electron chi connectivity index (χ1n) is 9.34. The molecule has 0 atom stereocenters. The zero-order valence-electron chi connectivity index (χ0n) is 16.5. The molecule has 3 rings (SSSR count). The summed E-state index contributed by atoms with van der Waals surface area (Å²) in [6.45, 7) is 10.4. The Morgan fingerprint density at radius 1 is 1.30 bits per heavy atom. The molecular weight excluding hydrogens is 366 g/mol. The van der Waals surface area contributed by atoms with E-state index in [1.165, 1.54) is 15.9 Å². The normalized spacial score (nSPS) is 14.7. The van der Waals surface area contributed by atoms with E-state index in [4.69, 9.17) is 4.74 Å². The Morgan fingerprint density at radius 2 is 1.96 bits per heavy atom. The average molecular weight is 394 g/mol. The van der Waals surface area contributed by atoms with Crippen molar-refractivity contribution in [1.29, 1.82) is 0 Å². The Labute approximate surface area is 161 Å². The van der Waals surface area contributed by atoms with Gasteiger partial charge in [-0.3, -0.25) is 18.7 Å². The first-order chi connectivity index (χ1) is 12.6. The molecule has 0 saturated heterocycles. The van der Waals surface area contributed by atoms with Gasteiger partial charge in [-0.15, -0.1) is 11.3 Å². The van der Waals surface area contributed by atoms with Gasteiger partial charge in [-0.1, -0.05) is 0 Å². The molecule has 0 aliphatic heterocycles. The molecule has 1 fully saturated rings. The minimum Gasteiger partial charge on any atom is -0.459 e. The topological polar surface area (TPSA) is 82.3 Å². The summed E-state index contributed by atoms with van der Waals surface area (Å²) in [6.07, 6.45) is 1.77. The van der Waals surface area contributed by atoms with E-state index in [0.717, 1.165) is 28.1 Å². The van der Waals surface area contributed by atoms with Gasteiger partial charge in [0.1, 0.15) is 10.4 Å². The van der Waals surface area contributed by atoms with Crippen LogP contribution in [0.15, 0.2) is 9.59 Å². The highest BCUT2D eigenvalue weighted by Crippen LogP contribution is 2.34. The molecule has 7 nitrogen and oxygen atoms in total. The van der Waals surface area contributed by atoms with E-state index in [-0.39, 0.29) is 29.8 Å². The SMILES string of the molecule is CCn1c(=O)n(C2CC2)c(=O)c2c(C)c(CNCC(=O)OC(C)(C)C)sc21. The molecule has 1 aliphatic rings. The van der Waals surface area contributed by atoms with Gasteiger partial charge in [0.05, 0.1) is 11.9 Å². The van der Waals surface area contributed by atoms with Crippen LogP contribution in [0, 0.1) is 6.92 Å². The van der Waals surface area contributed by atoms with Gasteiger partial charge in [-0.25, -0.2) is 4.79 Å². The molecular formula is C19H27N3O4S. The molecule has 0 bridgehead atoms. The molecule has 0 aromatic carbocycles. The summed E-state index contributed by atoms with van der Waals surface area (Å²) < 4.78 is 8.39. The fourth-order valence-electron chi connectivity index (χ4n) is 3.17. The van der Waals surface area contributed by atoms with E-state index in [9.17, 15) is 14.4 Å². The molecule has 8 heteroatoms. The monoisotopic (exact) mass is 393 g/mol. The molecule has 1 aliphatic carbocycles. The maximum atomic E-state index is 12.9. The fourth-order valence-corrected chi connectivity index (χ4v) is 4.49. The van der Waals surface area contributed by atoms with Crippen LogP contribution in [0.5, 0.6) is 0 Å². The molecule has 2 aromatic heterocycles. The number of aryl methyl sites for hydroxylation is 2. The van der Waals surface area contributed by atoms with Crippen molar-refractivity contribution in [2.45, 2.75) is 72.2 Å². The number of carbonyl (C=O) groups excluding carboxylic acids is 1. The van der Waals surface area contributed by atoms with Crippen LogP contribution in [-0.2, 0) is 22.6 Å². The van der Waals surface area contributed by atoms with Gasteiger partial charge >= 0.3 is 11.7 Å². The number of ether oxygens (including phenoxy) is 1. The van der Waals surface area contributed by atoms with Gasteiger partial charge in [0, 0.05) is 24.0 Å². The van der Waals surface area contributed by atoms with Crippen LogP contribution in [-0.4, -0.2) is 27.2 Å². The van der Waals surface area contributed by atoms with E-state index in [2.05, 4.69) is 5.32 Å². The van der Waals surface area contributed by atoms with Crippen molar-refractivity contribution in [3.05, 3.63) is 31.3 Å². The molecule has 0 amide bonds. The molecule has 1 saturated carbocycles. The third kappa shape index (κ3) is 4.01. The number of nitrogens with one attached hydrogen (secondary N) is 1. The van der Waals surface area contributed by atoms with Crippen molar-refractivity contribution < 1.29 is 9.53 Å². The Bertz CT molecular complexity index is 990. The second-order valence-electron chi connectivity index (χ2n) is 7.95. The maximum absolute atomic E-state index is 12.9. The zero-order chi connectivity index (χ0) is 19.9. The van der Waals surface area contributed by atoms with E-state index in [1.54, 1.807) is 4.57 Å². The number of hydrogen-bond acceptors (Lipinski definition) is 6. The van der Waals surface area contributed by atoms with Gasteiger partial charge in [0.15, 0.2) is 0 Å². The van der Waals surface area contributed by atoms with Gasteiger partial charge in [0.25, 0.3) is 5.56 Å². The third-order valence-corrected chi connectivity index (χ3v) is 5.86. The van der Waals surface area contributed by atoms with E-state index in [0.29, 0.717) is 18.5 Å². The second kappa shape index (κ2) is 7.24. The summed E-state index contributed by atoms with van der Waals surface area (Å²) in [5.41, 5.74) is -0.0353. The maximum Gasteiger partial charge on any atom is 0.332 e. The molecule has 0 spiro atoms. The van der Waals surface area contributed by atoms with Crippen LogP contribution in [0.25, 0.3) is 10.2 Å². The predicted molar refractivity (Wildman–Crippen MR) is 107 cm³/mol. The van der Waals surface area contributed by atoms with E-state index in [1.807, 2.05) is 34.6 Å². The van der Waals surface area contributed by atoms with Gasteiger partial charge in [-0.2, -0.15) is 0 Å². The van der Waals surface area contributed by atoms with Crippen molar-refractivity contribution in [1.82, 2.24) is 14.5 Å². The lowest BCUT2D eigenvalue weighted by molar-refractivity contribution is -0.153. The lowest BCUT2D eigenvalue weighted by atomic mass is 10.2. The summed E-state index contributed by atoms with van der Waals surface area (Å²) >= 11 is 1.44. The van der Waals surface area contributed by atoms with E-state index < -0.39 is 5.60 Å². The first kappa shape index (κ1) is 19.8. The Hall–Kier alpha value is -1.93. The summed E-state index contributed by atoms with van der Waals surface area (Å²) in [5.74, 6) is -0.317. The highest BCUT2D eigenvalue weighted by atomic mass is 32.1. The quantitative estimate of drug-likeness (QED) is 0.762. The number of rotatable bonds is 6. The van der Waals surface area contributed by atoms with Crippen LogP contribution in [0.2, 0.25) is 0 Å². The number of fused-ring (bicyclic) bond motifs is 1. The molecule has 2 aromatic rings. The van der Waals surface area contributed by atoms with Gasteiger partial charge < -0.3 is 10.1 Å². The van der Waals surface area contributed by atoms with Crippen molar-refractivity contribution in [3.63, 3.8) is 0 Å². The summed E-state index contributed by atoms with van der Waals surface area (Å²) in [5, 5.41) is 3.71. The van der Waals surface area contributed by atoms with Crippen LogP contribution in [0.4, 0.5) is 0 Å². The number of hydrogen-bond donors (Lipinski definition) is 1. The van der Waals surface area contributed by atoms with Gasteiger partial charge in [0.2, 0.25) is 0 Å². The van der Waals surface area contributed by atoms with Gasteiger partial charge in [-0.05, 0) is 53.0 Å². The molecule has 148 valence electrons. The van der Waals surface area contributed by atoms with Crippen LogP contribution < -0.4 is 16.6 Å². The number of carbonyl (C=O) groups is 1. The molecule has 0 unspecified atom stereocenters. The summed E-state index contributed by atoms with van der Waals surface area (Å²) in [7, 11) is 0. The highest BCUT2D eigenvalue weighted by Gasteiger charge is 2.30. The molecule has 1 N–H and O–H groups in total. The molecule has 0 radical (unpaired) electrons. The largest absolute Gasteiger partial charge is 0.459 e. The van der Waals surface area contributed by atoms with Crippen molar-refractivity contribution in [2.75, 3.05) is 6.54 Å². The summed E-state index contributed by atoms with van der Waals surface area (Å²) in [4.78, 5) is 39.2. The lowest BCUT2D eigenvalue weighted by Gasteiger charge is -2.19. The standard InChI is InChI=1S/C19H27N3O4S/c1-6-21-17-15(16(24)22(18(21)25)12-7-8-12)11(2)13(27-17)9-20-10-14(23)26-19(3,4)5/h12,20H,6-10H2,1-5H3. The Kier molecular flexibility index (Phi) is 5.31. The molecule has 27 heavy (non-hydrogen) atoms. The highest BCUT2D eigenvalue weighted by molar-refractivity contribution is 7.18. The van der Waals surface area contributed by atoms with Crippen molar-refractivity contribution in [3.8, 4) is 0 Å². The van der Waals surface area contributed by atoms with E-state index >= 15 is 0 Å². The minimum atomic E-state index is -0.516.